The van der Waals surface area contributed by atoms with Crippen LogP contribution in [0, 0.1) is 0 Å². The zero-order valence-electron chi connectivity index (χ0n) is 16.8. The number of hydrogen-bond acceptors (Lipinski definition) is 6. The topological polar surface area (TPSA) is 101 Å². The number of likely N-dealkylation sites (tertiary alicyclic amines) is 1. The molecule has 0 bridgehead atoms. The smallest absolute Gasteiger partial charge is 0.335 e. The average Bonchev–Trinajstić information content (AvgIpc) is 3.35. The second-order valence-electron chi connectivity index (χ2n) is 8.04. The van der Waals surface area contributed by atoms with Crippen molar-refractivity contribution in [3.8, 4) is 0 Å². The molecule has 9 heteroatoms. The van der Waals surface area contributed by atoms with Gasteiger partial charge < -0.3 is 10.0 Å². The zero-order chi connectivity index (χ0) is 21.3. The van der Waals surface area contributed by atoms with Crippen LogP contribution in [0.1, 0.15) is 29.6 Å². The number of carboxylic acids is 1. The van der Waals surface area contributed by atoms with Crippen LogP contribution < -0.4 is 4.90 Å². The Kier molecular flexibility index (Phi) is 5.83. The average molecular weight is 414 g/mol. The van der Waals surface area contributed by atoms with Crippen LogP contribution in [0.5, 0.6) is 0 Å². The number of rotatable bonds is 5. The Morgan fingerprint density at radius 2 is 1.57 bits per heavy atom. The van der Waals surface area contributed by atoms with Crippen molar-refractivity contribution >= 4 is 29.4 Å². The lowest BCUT2D eigenvalue weighted by Gasteiger charge is -2.37. The van der Waals surface area contributed by atoms with E-state index in [4.69, 9.17) is 5.11 Å². The first-order chi connectivity index (χ1) is 14.4. The number of hydrogen-bond donors (Lipinski definition) is 1. The molecular formula is C21H26N4O5. The Morgan fingerprint density at radius 3 is 2.17 bits per heavy atom. The molecule has 0 unspecified atom stereocenters. The molecule has 0 saturated carbocycles. The standard InChI is InChI=1S/C21H26N4O5/c26-18-13-17(20(28)25(18)16-5-3-15(4-6-16)21(29)30)23-9-11-24(12-10-23)19(27)14-22-7-1-2-8-22/h3-6,17H,1-2,7-14H2,(H,29,30)/t17-/m1/s1. The lowest BCUT2D eigenvalue weighted by molar-refractivity contribution is -0.134. The van der Waals surface area contributed by atoms with Gasteiger partial charge in [0.2, 0.25) is 11.8 Å². The van der Waals surface area contributed by atoms with Gasteiger partial charge in [-0.3, -0.25) is 24.2 Å². The van der Waals surface area contributed by atoms with Crippen LogP contribution in [0.15, 0.2) is 24.3 Å². The van der Waals surface area contributed by atoms with E-state index < -0.39 is 12.0 Å². The highest BCUT2D eigenvalue weighted by molar-refractivity contribution is 6.22. The van der Waals surface area contributed by atoms with E-state index in [9.17, 15) is 19.2 Å². The van der Waals surface area contributed by atoms with E-state index in [1.54, 1.807) is 0 Å². The number of nitrogens with zero attached hydrogens (tertiary/aromatic N) is 4. The predicted octanol–water partition coefficient (Wildman–Crippen LogP) is 0.257. The minimum atomic E-state index is -1.06. The molecule has 3 aliphatic rings. The summed E-state index contributed by atoms with van der Waals surface area (Å²) in [4.78, 5) is 56.1. The third kappa shape index (κ3) is 4.08. The second-order valence-corrected chi connectivity index (χ2v) is 8.04. The van der Waals surface area contributed by atoms with Crippen molar-refractivity contribution in [1.82, 2.24) is 14.7 Å². The number of carbonyl (C=O) groups excluding carboxylic acids is 3. The molecule has 160 valence electrons. The van der Waals surface area contributed by atoms with Gasteiger partial charge in [-0.15, -0.1) is 0 Å². The van der Waals surface area contributed by atoms with Gasteiger partial charge in [0.05, 0.1) is 30.3 Å². The maximum Gasteiger partial charge on any atom is 0.335 e. The predicted molar refractivity (Wildman–Crippen MR) is 108 cm³/mol. The van der Waals surface area contributed by atoms with Crippen LogP contribution in [0.3, 0.4) is 0 Å². The molecular weight excluding hydrogens is 388 g/mol. The number of piperazine rings is 1. The first-order valence-corrected chi connectivity index (χ1v) is 10.4. The highest BCUT2D eigenvalue weighted by Crippen LogP contribution is 2.26. The molecule has 3 fully saturated rings. The van der Waals surface area contributed by atoms with E-state index in [1.165, 1.54) is 24.3 Å². The van der Waals surface area contributed by atoms with E-state index >= 15 is 0 Å². The van der Waals surface area contributed by atoms with Gasteiger partial charge in [-0.05, 0) is 50.2 Å². The molecule has 0 aromatic heterocycles. The van der Waals surface area contributed by atoms with E-state index in [-0.39, 0.29) is 29.7 Å². The highest BCUT2D eigenvalue weighted by atomic mass is 16.4. The second kappa shape index (κ2) is 8.53. The summed E-state index contributed by atoms with van der Waals surface area (Å²) in [6.45, 7) is 4.64. The zero-order valence-corrected chi connectivity index (χ0v) is 16.8. The quantitative estimate of drug-likeness (QED) is 0.690. The molecule has 0 radical (unpaired) electrons. The van der Waals surface area contributed by atoms with Crippen LogP contribution >= 0.6 is 0 Å². The van der Waals surface area contributed by atoms with E-state index in [0.717, 1.165) is 30.8 Å². The fourth-order valence-electron chi connectivity index (χ4n) is 4.44. The molecule has 0 aliphatic carbocycles. The van der Waals surface area contributed by atoms with Crippen LogP contribution in [-0.2, 0) is 14.4 Å². The summed E-state index contributed by atoms with van der Waals surface area (Å²) in [5.74, 6) is -1.51. The van der Waals surface area contributed by atoms with E-state index in [1.807, 2.05) is 9.80 Å². The number of benzene rings is 1. The van der Waals surface area contributed by atoms with Gasteiger partial charge in [0.15, 0.2) is 0 Å². The molecule has 3 aliphatic heterocycles. The maximum atomic E-state index is 12.9. The normalized spacial score (nSPS) is 23.4. The lowest BCUT2D eigenvalue weighted by Crippen LogP contribution is -2.55. The largest absolute Gasteiger partial charge is 0.478 e. The van der Waals surface area contributed by atoms with Gasteiger partial charge in [-0.2, -0.15) is 0 Å². The molecule has 3 amide bonds. The molecule has 1 aromatic rings. The number of carbonyl (C=O) groups is 4. The van der Waals surface area contributed by atoms with Crippen molar-refractivity contribution in [2.24, 2.45) is 0 Å². The van der Waals surface area contributed by atoms with Gasteiger partial charge in [0.1, 0.15) is 0 Å². The highest BCUT2D eigenvalue weighted by Gasteiger charge is 2.43. The van der Waals surface area contributed by atoms with Gasteiger partial charge >= 0.3 is 5.97 Å². The molecule has 3 heterocycles. The third-order valence-electron chi connectivity index (χ3n) is 6.16. The minimum Gasteiger partial charge on any atom is -0.478 e. The molecule has 9 nitrogen and oxygen atoms in total. The van der Waals surface area contributed by atoms with Crippen molar-refractivity contribution in [1.29, 1.82) is 0 Å². The maximum absolute atomic E-state index is 12.9. The lowest BCUT2D eigenvalue weighted by atomic mass is 10.1. The molecule has 30 heavy (non-hydrogen) atoms. The summed E-state index contributed by atoms with van der Waals surface area (Å²) >= 11 is 0. The van der Waals surface area contributed by atoms with Crippen molar-refractivity contribution in [2.45, 2.75) is 25.3 Å². The Balaban J connectivity index is 1.35. The Hall–Kier alpha value is -2.78. The van der Waals surface area contributed by atoms with Crippen molar-refractivity contribution in [2.75, 3.05) is 50.7 Å². The monoisotopic (exact) mass is 414 g/mol. The Morgan fingerprint density at radius 1 is 0.933 bits per heavy atom. The van der Waals surface area contributed by atoms with Crippen molar-refractivity contribution in [3.63, 3.8) is 0 Å². The first kappa shape index (κ1) is 20.5. The SMILES string of the molecule is O=C(O)c1ccc(N2C(=O)C[C@@H](N3CCN(C(=O)CN4CCCC4)CC3)C2=O)cc1. The molecule has 4 rings (SSSR count). The number of imide groups is 1. The first-order valence-electron chi connectivity index (χ1n) is 10.4. The fourth-order valence-corrected chi connectivity index (χ4v) is 4.44. The van der Waals surface area contributed by atoms with Crippen LogP contribution in [0.25, 0.3) is 0 Å². The summed E-state index contributed by atoms with van der Waals surface area (Å²) in [5.41, 5.74) is 0.487. The molecule has 1 N–H and O–H groups in total. The van der Waals surface area contributed by atoms with Crippen molar-refractivity contribution < 1.29 is 24.3 Å². The summed E-state index contributed by atoms with van der Waals surface area (Å²) in [6, 6.07) is 5.20. The van der Waals surface area contributed by atoms with Crippen LogP contribution in [0.4, 0.5) is 5.69 Å². The Bertz CT molecular complexity index is 841. The van der Waals surface area contributed by atoms with Crippen LogP contribution in [0.2, 0.25) is 0 Å². The number of amides is 3. The van der Waals surface area contributed by atoms with Crippen LogP contribution in [-0.4, -0.2) is 95.4 Å². The number of aromatic carboxylic acids is 1. The summed E-state index contributed by atoms with van der Waals surface area (Å²) in [6.07, 6.45) is 2.39. The third-order valence-corrected chi connectivity index (χ3v) is 6.16. The fraction of sp³-hybridized carbons (Fsp3) is 0.524. The molecule has 1 atom stereocenters. The summed E-state index contributed by atoms with van der Waals surface area (Å²) in [7, 11) is 0. The minimum absolute atomic E-state index is 0.0985. The molecule has 1 aromatic carbocycles. The molecule has 0 spiro atoms. The number of carboxylic acid groups (broad SMARTS) is 1. The summed E-state index contributed by atoms with van der Waals surface area (Å²) in [5, 5.41) is 9.01. The van der Waals surface area contributed by atoms with Crippen molar-refractivity contribution in [3.05, 3.63) is 29.8 Å². The molecule has 3 saturated heterocycles. The number of anilines is 1. The van der Waals surface area contributed by atoms with Gasteiger partial charge in [0.25, 0.3) is 5.91 Å². The van der Waals surface area contributed by atoms with Gasteiger partial charge in [0, 0.05) is 26.2 Å². The van der Waals surface area contributed by atoms with Gasteiger partial charge in [-0.1, -0.05) is 0 Å². The van der Waals surface area contributed by atoms with Gasteiger partial charge in [-0.25, -0.2) is 9.69 Å². The Labute approximate surface area is 174 Å². The summed E-state index contributed by atoms with van der Waals surface area (Å²) < 4.78 is 0. The van der Waals surface area contributed by atoms with E-state index in [0.29, 0.717) is 38.4 Å². The van der Waals surface area contributed by atoms with E-state index in [2.05, 4.69) is 4.90 Å².